The molecule has 0 spiro atoms. The lowest BCUT2D eigenvalue weighted by Gasteiger charge is -2.16. The number of rotatable bonds is 12. The van der Waals surface area contributed by atoms with E-state index >= 15 is 0 Å². The predicted molar refractivity (Wildman–Crippen MR) is 163 cm³/mol. The molecule has 0 saturated heterocycles. The third-order valence-electron chi connectivity index (χ3n) is 7.23. The van der Waals surface area contributed by atoms with Crippen molar-refractivity contribution < 1.29 is 9.59 Å². The summed E-state index contributed by atoms with van der Waals surface area (Å²) in [5, 5.41) is 11.5. The molecule has 1 aliphatic carbocycles. The van der Waals surface area contributed by atoms with Crippen molar-refractivity contribution in [1.82, 2.24) is 30.0 Å². The zero-order valence-corrected chi connectivity index (χ0v) is 24.8. The highest BCUT2D eigenvalue weighted by Gasteiger charge is 2.30. The first-order chi connectivity index (χ1) is 19.9. The molecule has 9 nitrogen and oxygen atoms in total. The number of amides is 2. The number of anilines is 1. The van der Waals surface area contributed by atoms with Crippen LogP contribution in [0.15, 0.2) is 48.8 Å². The number of fused-ring (bicyclic) bond motifs is 3. The molecule has 10 heteroatoms. The maximum Gasteiger partial charge on any atom is 0.224 e. The third kappa shape index (κ3) is 6.89. The Morgan fingerprint density at radius 3 is 2.66 bits per heavy atom. The quantitative estimate of drug-likeness (QED) is 0.235. The minimum atomic E-state index is -0.139. The molecule has 0 atom stereocenters. The van der Waals surface area contributed by atoms with Crippen LogP contribution in [0.25, 0.3) is 27.5 Å². The number of aryl methyl sites for hydroxylation is 1. The van der Waals surface area contributed by atoms with Gasteiger partial charge in [0.2, 0.25) is 11.8 Å². The molecule has 41 heavy (non-hydrogen) atoms. The van der Waals surface area contributed by atoms with Crippen LogP contribution < -0.4 is 10.6 Å². The van der Waals surface area contributed by atoms with Gasteiger partial charge in [-0.3, -0.25) is 14.6 Å². The van der Waals surface area contributed by atoms with Crippen LogP contribution in [0.1, 0.15) is 49.9 Å². The maximum atomic E-state index is 12.6. The van der Waals surface area contributed by atoms with Gasteiger partial charge in [0.1, 0.15) is 0 Å². The molecule has 4 aromatic rings. The highest BCUT2D eigenvalue weighted by molar-refractivity contribution is 7.19. The minimum absolute atomic E-state index is 0.0230. The number of carbonyl (C=O) groups excluding carboxylic acids is 2. The highest BCUT2D eigenvalue weighted by Crippen LogP contribution is 2.44. The van der Waals surface area contributed by atoms with Gasteiger partial charge in [0.25, 0.3) is 0 Å². The monoisotopic (exact) mass is 571 g/mol. The average Bonchev–Trinajstić information content (AvgIpc) is 3.55. The number of unbranched alkanes of at least 4 members (excludes halogenated alkanes) is 2. The molecule has 0 bridgehead atoms. The van der Waals surface area contributed by atoms with Gasteiger partial charge < -0.3 is 15.5 Å². The van der Waals surface area contributed by atoms with Crippen molar-refractivity contribution in [2.75, 3.05) is 32.0 Å². The van der Waals surface area contributed by atoms with Crippen molar-refractivity contribution in [1.29, 1.82) is 0 Å². The van der Waals surface area contributed by atoms with Crippen molar-refractivity contribution in [3.05, 3.63) is 65.6 Å². The van der Waals surface area contributed by atoms with Crippen molar-refractivity contribution in [2.45, 2.75) is 52.4 Å². The molecule has 0 radical (unpaired) electrons. The summed E-state index contributed by atoms with van der Waals surface area (Å²) >= 11 is 1.47. The van der Waals surface area contributed by atoms with Crippen LogP contribution in [0.2, 0.25) is 0 Å². The molecular formula is C31H37N7O2S. The van der Waals surface area contributed by atoms with Crippen LogP contribution in [0, 0.1) is 0 Å². The van der Waals surface area contributed by atoms with Crippen LogP contribution in [0.4, 0.5) is 5.13 Å². The Bertz CT molecular complexity index is 1490. The molecule has 3 aromatic heterocycles. The summed E-state index contributed by atoms with van der Waals surface area (Å²) in [5.74, 6) is -0.116. The molecule has 3 heterocycles. The molecule has 1 aliphatic rings. The molecule has 0 fully saturated rings. The number of benzene rings is 1. The Balaban J connectivity index is 1.35. The first-order valence-corrected chi connectivity index (χ1v) is 15.1. The molecule has 1 aromatic carbocycles. The smallest absolute Gasteiger partial charge is 0.224 e. The molecule has 5 rings (SSSR count). The van der Waals surface area contributed by atoms with E-state index in [1.54, 1.807) is 6.20 Å². The Labute approximate surface area is 245 Å². The fraction of sp³-hybridized carbons (Fsp3) is 0.387. The van der Waals surface area contributed by atoms with Crippen molar-refractivity contribution in [2.24, 2.45) is 0 Å². The van der Waals surface area contributed by atoms with E-state index in [4.69, 9.17) is 10.1 Å². The zero-order chi connectivity index (χ0) is 28.8. The van der Waals surface area contributed by atoms with Gasteiger partial charge in [-0.2, -0.15) is 5.10 Å². The maximum absolute atomic E-state index is 12.6. The van der Waals surface area contributed by atoms with E-state index in [1.165, 1.54) is 37.5 Å². The Morgan fingerprint density at radius 1 is 1.10 bits per heavy atom. The second-order valence-electron chi connectivity index (χ2n) is 10.5. The first kappa shape index (κ1) is 28.6. The lowest BCUT2D eigenvalue weighted by Crippen LogP contribution is -2.34. The van der Waals surface area contributed by atoms with E-state index in [0.29, 0.717) is 18.1 Å². The van der Waals surface area contributed by atoms with E-state index in [0.717, 1.165) is 70.3 Å². The molecule has 0 saturated carbocycles. The summed E-state index contributed by atoms with van der Waals surface area (Å²) in [6, 6.07) is 11.9. The lowest BCUT2D eigenvalue weighted by molar-refractivity contribution is -0.120. The van der Waals surface area contributed by atoms with Crippen molar-refractivity contribution in [3.63, 3.8) is 0 Å². The van der Waals surface area contributed by atoms with Crippen LogP contribution in [-0.2, 0) is 28.9 Å². The standard InChI is InChI=1S/C31H37N7O2S/c1-4-5-6-17-37(3)18-16-33-27(40)19-22-9-11-24(12-10-22)38-29-25(28(36-38)23-8-7-15-32-20-23)13-14-26-30(29)41-31(35-26)34-21(2)39/h7-12,15,20H,4-6,13-14,16-19H2,1-3H3,(H,33,40)(H,34,35,39). The first-order valence-electron chi connectivity index (χ1n) is 14.3. The third-order valence-corrected chi connectivity index (χ3v) is 8.25. The van der Waals surface area contributed by atoms with Gasteiger partial charge in [0, 0.05) is 43.5 Å². The van der Waals surface area contributed by atoms with Gasteiger partial charge in [-0.25, -0.2) is 9.67 Å². The highest BCUT2D eigenvalue weighted by atomic mass is 32.1. The number of likely N-dealkylation sites (N-methyl/N-ethyl adjacent to an activating group) is 1. The van der Waals surface area contributed by atoms with E-state index in [-0.39, 0.29) is 11.8 Å². The summed E-state index contributed by atoms with van der Waals surface area (Å²) < 4.78 is 1.96. The van der Waals surface area contributed by atoms with Crippen LogP contribution >= 0.6 is 11.3 Å². The van der Waals surface area contributed by atoms with E-state index < -0.39 is 0 Å². The van der Waals surface area contributed by atoms with Gasteiger partial charge in [-0.05, 0) is 62.7 Å². The SMILES string of the molecule is CCCCCN(C)CCNC(=O)Cc1ccc(-n2nc(-c3cccnc3)c3c2-c2sc(NC(C)=O)nc2CC3)cc1. The fourth-order valence-corrected chi connectivity index (χ4v) is 6.24. The number of nitrogens with one attached hydrogen (secondary N) is 2. The average molecular weight is 572 g/mol. The van der Waals surface area contributed by atoms with Gasteiger partial charge in [-0.1, -0.05) is 43.2 Å². The molecule has 0 unspecified atom stereocenters. The normalized spacial score (nSPS) is 12.2. The van der Waals surface area contributed by atoms with Crippen LogP contribution in [0.3, 0.4) is 0 Å². The van der Waals surface area contributed by atoms with Gasteiger partial charge in [0.05, 0.1) is 34.1 Å². The van der Waals surface area contributed by atoms with E-state index in [1.807, 2.05) is 47.3 Å². The van der Waals surface area contributed by atoms with Crippen molar-refractivity contribution in [3.8, 4) is 27.5 Å². The fourth-order valence-electron chi connectivity index (χ4n) is 5.13. The zero-order valence-electron chi connectivity index (χ0n) is 23.9. The Hall–Kier alpha value is -3.89. The minimum Gasteiger partial charge on any atom is -0.355 e. The number of carbonyl (C=O) groups is 2. The summed E-state index contributed by atoms with van der Waals surface area (Å²) in [6.07, 6.45) is 9.14. The second-order valence-corrected chi connectivity index (χ2v) is 11.5. The largest absolute Gasteiger partial charge is 0.355 e. The van der Waals surface area contributed by atoms with E-state index in [9.17, 15) is 9.59 Å². The number of hydrogen-bond acceptors (Lipinski definition) is 7. The Morgan fingerprint density at radius 2 is 1.93 bits per heavy atom. The van der Waals surface area contributed by atoms with Gasteiger partial charge in [-0.15, -0.1) is 0 Å². The Kier molecular flexibility index (Phi) is 9.21. The summed E-state index contributed by atoms with van der Waals surface area (Å²) in [7, 11) is 2.10. The van der Waals surface area contributed by atoms with Gasteiger partial charge in [0.15, 0.2) is 5.13 Å². The molecule has 214 valence electrons. The molecular weight excluding hydrogens is 534 g/mol. The number of hydrogen-bond donors (Lipinski definition) is 2. The van der Waals surface area contributed by atoms with Gasteiger partial charge >= 0.3 is 0 Å². The summed E-state index contributed by atoms with van der Waals surface area (Å²) in [6.45, 7) is 6.25. The summed E-state index contributed by atoms with van der Waals surface area (Å²) in [4.78, 5) is 36.6. The lowest BCUT2D eigenvalue weighted by atomic mass is 9.95. The van der Waals surface area contributed by atoms with E-state index in [2.05, 4.69) is 34.5 Å². The van der Waals surface area contributed by atoms with Crippen LogP contribution in [0.5, 0.6) is 0 Å². The predicted octanol–water partition coefficient (Wildman–Crippen LogP) is 4.90. The molecule has 2 N–H and O–H groups in total. The second kappa shape index (κ2) is 13.2. The molecule has 2 amide bonds. The van der Waals surface area contributed by atoms with Crippen LogP contribution in [-0.4, -0.2) is 63.1 Å². The number of nitrogens with zero attached hydrogens (tertiary/aromatic N) is 5. The van der Waals surface area contributed by atoms with Crippen molar-refractivity contribution >= 4 is 28.3 Å². The number of aromatic nitrogens is 4. The summed E-state index contributed by atoms with van der Waals surface area (Å²) in [5.41, 5.74) is 6.81. The molecule has 0 aliphatic heterocycles. The number of pyridine rings is 1. The number of thiazole rings is 1. The topological polar surface area (TPSA) is 105 Å².